The highest BCUT2D eigenvalue weighted by Gasteiger charge is 2.24. The Kier molecular flexibility index (Phi) is 3.74. The van der Waals surface area contributed by atoms with E-state index >= 15 is 0 Å². The van der Waals surface area contributed by atoms with Crippen molar-refractivity contribution in [3.63, 3.8) is 0 Å². The SMILES string of the molecule is CC(Cl)C(=O)c1c(F)cccc1C(F)F. The molecule has 0 aromatic heterocycles. The third kappa shape index (κ3) is 2.50. The molecule has 0 saturated carbocycles. The molecule has 1 rings (SSSR count). The predicted octanol–water partition coefficient (Wildman–Crippen LogP) is 3.57. The number of Topliss-reactive ketones (excluding diaryl/α,β-unsaturated/α-hetero) is 1. The van der Waals surface area contributed by atoms with Crippen LogP contribution in [-0.4, -0.2) is 11.2 Å². The minimum absolute atomic E-state index is 0.616. The first-order chi connectivity index (χ1) is 6.95. The number of carbonyl (C=O) groups excluding carboxylic acids is 1. The van der Waals surface area contributed by atoms with Crippen molar-refractivity contribution in [2.45, 2.75) is 18.7 Å². The maximum absolute atomic E-state index is 13.2. The van der Waals surface area contributed by atoms with E-state index in [0.29, 0.717) is 0 Å². The van der Waals surface area contributed by atoms with Crippen molar-refractivity contribution in [3.8, 4) is 0 Å². The van der Waals surface area contributed by atoms with Gasteiger partial charge in [-0.2, -0.15) is 0 Å². The molecule has 5 heteroatoms. The fourth-order valence-electron chi connectivity index (χ4n) is 1.18. The first-order valence-corrected chi connectivity index (χ1v) is 4.63. The van der Waals surface area contributed by atoms with Gasteiger partial charge in [0.2, 0.25) is 0 Å². The minimum Gasteiger partial charge on any atom is -0.292 e. The van der Waals surface area contributed by atoms with Gasteiger partial charge in [-0.15, -0.1) is 11.6 Å². The molecule has 0 radical (unpaired) electrons. The number of hydrogen-bond acceptors (Lipinski definition) is 1. The third-order valence-corrected chi connectivity index (χ3v) is 2.09. The van der Waals surface area contributed by atoms with Crippen molar-refractivity contribution < 1.29 is 18.0 Å². The zero-order chi connectivity index (χ0) is 11.6. The van der Waals surface area contributed by atoms with E-state index in [-0.39, 0.29) is 0 Å². The highest BCUT2D eigenvalue weighted by molar-refractivity contribution is 6.33. The Morgan fingerprint density at radius 2 is 2.00 bits per heavy atom. The van der Waals surface area contributed by atoms with Crippen LogP contribution in [0.25, 0.3) is 0 Å². The van der Waals surface area contributed by atoms with E-state index in [1.54, 1.807) is 0 Å². The second-order valence-electron chi connectivity index (χ2n) is 2.99. The van der Waals surface area contributed by atoms with Crippen molar-refractivity contribution in [3.05, 3.63) is 35.1 Å². The van der Waals surface area contributed by atoms with Crippen LogP contribution in [0.2, 0.25) is 0 Å². The quantitative estimate of drug-likeness (QED) is 0.579. The molecule has 1 aromatic rings. The Morgan fingerprint density at radius 3 is 2.47 bits per heavy atom. The van der Waals surface area contributed by atoms with Crippen molar-refractivity contribution in [2.75, 3.05) is 0 Å². The summed E-state index contributed by atoms with van der Waals surface area (Å²) in [7, 11) is 0. The number of benzene rings is 1. The maximum Gasteiger partial charge on any atom is 0.264 e. The first-order valence-electron chi connectivity index (χ1n) is 4.20. The molecule has 0 saturated heterocycles. The predicted molar refractivity (Wildman–Crippen MR) is 51.0 cm³/mol. The zero-order valence-electron chi connectivity index (χ0n) is 7.81. The molecule has 0 aliphatic carbocycles. The first kappa shape index (κ1) is 12.0. The van der Waals surface area contributed by atoms with Crippen molar-refractivity contribution >= 4 is 17.4 Å². The van der Waals surface area contributed by atoms with Gasteiger partial charge in [-0.1, -0.05) is 12.1 Å². The summed E-state index contributed by atoms with van der Waals surface area (Å²) in [4.78, 5) is 11.4. The summed E-state index contributed by atoms with van der Waals surface area (Å²) in [5, 5.41) is -1.03. The van der Waals surface area contributed by atoms with E-state index in [0.717, 1.165) is 18.2 Å². The van der Waals surface area contributed by atoms with Gasteiger partial charge >= 0.3 is 0 Å². The Labute approximate surface area is 89.9 Å². The second-order valence-corrected chi connectivity index (χ2v) is 3.64. The Bertz CT molecular complexity index is 377. The van der Waals surface area contributed by atoms with Gasteiger partial charge in [0.05, 0.1) is 10.9 Å². The Hall–Kier alpha value is -1.03. The summed E-state index contributed by atoms with van der Waals surface area (Å²) in [6.07, 6.45) is -2.89. The molecule has 1 unspecified atom stereocenters. The van der Waals surface area contributed by atoms with Gasteiger partial charge in [0.1, 0.15) is 5.82 Å². The average molecular weight is 237 g/mol. The van der Waals surface area contributed by atoms with Crippen LogP contribution >= 0.6 is 11.6 Å². The van der Waals surface area contributed by atoms with Crippen molar-refractivity contribution in [1.29, 1.82) is 0 Å². The summed E-state index contributed by atoms with van der Waals surface area (Å²) in [6.45, 7) is 1.31. The van der Waals surface area contributed by atoms with Crippen LogP contribution in [0.3, 0.4) is 0 Å². The normalized spacial score (nSPS) is 12.9. The van der Waals surface area contributed by atoms with Gasteiger partial charge in [0.15, 0.2) is 5.78 Å². The smallest absolute Gasteiger partial charge is 0.264 e. The molecule has 0 bridgehead atoms. The number of halogens is 4. The monoisotopic (exact) mass is 236 g/mol. The van der Waals surface area contributed by atoms with Crippen LogP contribution in [0.5, 0.6) is 0 Å². The lowest BCUT2D eigenvalue weighted by Crippen LogP contribution is -2.15. The third-order valence-electron chi connectivity index (χ3n) is 1.89. The average Bonchev–Trinajstić information content (AvgIpc) is 2.16. The summed E-state index contributed by atoms with van der Waals surface area (Å²) in [5.41, 5.74) is -1.23. The number of carbonyl (C=O) groups is 1. The van der Waals surface area contributed by atoms with Crippen molar-refractivity contribution in [2.24, 2.45) is 0 Å². The fourth-order valence-corrected chi connectivity index (χ4v) is 1.29. The molecule has 0 aliphatic rings. The maximum atomic E-state index is 13.2. The molecule has 15 heavy (non-hydrogen) atoms. The molecular weight excluding hydrogens is 229 g/mol. The molecule has 82 valence electrons. The van der Waals surface area contributed by atoms with E-state index in [2.05, 4.69) is 0 Å². The highest BCUT2D eigenvalue weighted by Crippen LogP contribution is 2.26. The van der Waals surface area contributed by atoms with Gasteiger partial charge in [0.25, 0.3) is 6.43 Å². The second kappa shape index (κ2) is 4.66. The van der Waals surface area contributed by atoms with Gasteiger partial charge < -0.3 is 0 Å². The summed E-state index contributed by atoms with van der Waals surface area (Å²) < 4.78 is 38.1. The van der Waals surface area contributed by atoms with Crippen LogP contribution in [-0.2, 0) is 0 Å². The summed E-state index contributed by atoms with van der Waals surface area (Å²) >= 11 is 5.45. The lowest BCUT2D eigenvalue weighted by atomic mass is 10.0. The summed E-state index contributed by atoms with van der Waals surface area (Å²) in [6, 6.07) is 3.10. The number of ketones is 1. The van der Waals surface area contributed by atoms with Gasteiger partial charge in [-0.3, -0.25) is 4.79 Å². The van der Waals surface area contributed by atoms with Crippen LogP contribution < -0.4 is 0 Å². The van der Waals surface area contributed by atoms with Crippen LogP contribution in [0.1, 0.15) is 29.3 Å². The van der Waals surface area contributed by atoms with Crippen LogP contribution in [0, 0.1) is 5.82 Å². The van der Waals surface area contributed by atoms with E-state index in [4.69, 9.17) is 11.6 Å². The Balaban J connectivity index is 3.31. The molecule has 0 N–H and O–H groups in total. The van der Waals surface area contributed by atoms with E-state index in [9.17, 15) is 18.0 Å². The molecule has 0 spiro atoms. The zero-order valence-corrected chi connectivity index (χ0v) is 8.56. The van der Waals surface area contributed by atoms with Crippen LogP contribution in [0.4, 0.5) is 13.2 Å². The molecular formula is C10H8ClF3O. The van der Waals surface area contributed by atoms with Gasteiger partial charge in [0, 0.05) is 5.56 Å². The Morgan fingerprint density at radius 1 is 1.40 bits per heavy atom. The van der Waals surface area contributed by atoms with E-state index in [1.165, 1.54) is 6.92 Å². The molecule has 0 aliphatic heterocycles. The van der Waals surface area contributed by atoms with E-state index in [1.807, 2.05) is 0 Å². The molecule has 0 fully saturated rings. The van der Waals surface area contributed by atoms with Gasteiger partial charge in [-0.25, -0.2) is 13.2 Å². The molecule has 0 amide bonds. The fraction of sp³-hybridized carbons (Fsp3) is 0.300. The molecule has 1 nitrogen and oxygen atoms in total. The molecule has 0 heterocycles. The standard InChI is InChI=1S/C10H8ClF3O/c1-5(11)9(15)8-6(10(13)14)3-2-4-7(8)12/h2-5,10H,1H3. The van der Waals surface area contributed by atoms with E-state index < -0.39 is 34.5 Å². The number of rotatable bonds is 3. The molecule has 1 aromatic carbocycles. The van der Waals surface area contributed by atoms with Crippen molar-refractivity contribution in [1.82, 2.24) is 0 Å². The topological polar surface area (TPSA) is 17.1 Å². The van der Waals surface area contributed by atoms with Gasteiger partial charge in [-0.05, 0) is 13.0 Å². The van der Waals surface area contributed by atoms with Crippen LogP contribution in [0.15, 0.2) is 18.2 Å². The summed E-state index contributed by atoms with van der Waals surface area (Å²) in [5.74, 6) is -1.80. The number of alkyl halides is 3. The molecule has 1 atom stereocenters. The number of hydrogen-bond donors (Lipinski definition) is 0. The lowest BCUT2D eigenvalue weighted by Gasteiger charge is -2.09. The largest absolute Gasteiger partial charge is 0.292 e. The lowest BCUT2D eigenvalue weighted by molar-refractivity contribution is 0.0972. The minimum atomic E-state index is -2.89. The highest BCUT2D eigenvalue weighted by atomic mass is 35.5.